The van der Waals surface area contributed by atoms with Crippen LogP contribution in [0.3, 0.4) is 0 Å². The minimum atomic E-state index is -0.873. The van der Waals surface area contributed by atoms with Gasteiger partial charge < -0.3 is 5.11 Å². The second-order valence-electron chi connectivity index (χ2n) is 4.89. The molecular formula is C11H21BO. The molecule has 0 spiro atoms. The smallest absolute Gasteiger partial charge is 0.113 e. The van der Waals surface area contributed by atoms with Gasteiger partial charge in [0.25, 0.3) is 0 Å². The molecule has 2 radical (unpaired) electrons. The quantitative estimate of drug-likeness (QED) is 0.614. The van der Waals surface area contributed by atoms with Gasteiger partial charge in [-0.3, -0.25) is 0 Å². The molecule has 0 aromatic rings. The molecule has 74 valence electrons. The standard InChI is InChI=1S/C11H21BO/c1-9(2)10-5-3-7-11(12,13)8-4-6-10/h9-10,13H,3-8H2,1-2H3. The van der Waals surface area contributed by atoms with E-state index in [2.05, 4.69) is 13.8 Å². The summed E-state index contributed by atoms with van der Waals surface area (Å²) in [5.41, 5.74) is -0.873. The van der Waals surface area contributed by atoms with Gasteiger partial charge >= 0.3 is 0 Å². The first kappa shape index (κ1) is 11.1. The Bertz CT molecular complexity index is 142. The molecule has 0 aromatic heterocycles. The molecule has 1 aliphatic carbocycles. The van der Waals surface area contributed by atoms with Gasteiger partial charge in [-0.05, 0) is 24.7 Å². The van der Waals surface area contributed by atoms with Crippen LogP contribution in [0, 0.1) is 11.8 Å². The Balaban J connectivity index is 2.39. The maximum absolute atomic E-state index is 9.68. The lowest BCUT2D eigenvalue weighted by Gasteiger charge is -2.30. The largest absolute Gasteiger partial charge is 0.400 e. The van der Waals surface area contributed by atoms with Crippen LogP contribution in [0.1, 0.15) is 52.4 Å². The fourth-order valence-electron chi connectivity index (χ4n) is 2.28. The van der Waals surface area contributed by atoms with Crippen LogP contribution in [0.25, 0.3) is 0 Å². The Morgan fingerprint density at radius 3 is 2.08 bits per heavy atom. The van der Waals surface area contributed by atoms with Gasteiger partial charge in [-0.25, -0.2) is 0 Å². The second-order valence-corrected chi connectivity index (χ2v) is 4.89. The van der Waals surface area contributed by atoms with Gasteiger partial charge in [-0.2, -0.15) is 0 Å². The number of hydrogen-bond acceptors (Lipinski definition) is 1. The zero-order chi connectivity index (χ0) is 9.90. The van der Waals surface area contributed by atoms with E-state index in [4.69, 9.17) is 7.85 Å². The number of aliphatic hydroxyl groups is 1. The van der Waals surface area contributed by atoms with Crippen molar-refractivity contribution < 1.29 is 5.11 Å². The lowest BCUT2D eigenvalue weighted by molar-refractivity contribution is 0.0867. The Morgan fingerprint density at radius 1 is 1.23 bits per heavy atom. The first-order valence-corrected chi connectivity index (χ1v) is 5.52. The van der Waals surface area contributed by atoms with Crippen LogP contribution in [-0.2, 0) is 0 Å². The fraction of sp³-hybridized carbons (Fsp3) is 1.00. The topological polar surface area (TPSA) is 20.2 Å². The average Bonchev–Trinajstić information content (AvgIpc) is 1.97. The summed E-state index contributed by atoms with van der Waals surface area (Å²) in [6.45, 7) is 4.59. The van der Waals surface area contributed by atoms with Crippen molar-refractivity contribution in [3.8, 4) is 0 Å². The third kappa shape index (κ3) is 3.72. The van der Waals surface area contributed by atoms with E-state index >= 15 is 0 Å². The summed E-state index contributed by atoms with van der Waals surface area (Å²) in [6.07, 6.45) is 6.17. The first-order valence-electron chi connectivity index (χ1n) is 5.52. The number of rotatable bonds is 1. The van der Waals surface area contributed by atoms with Gasteiger partial charge in [0.15, 0.2) is 0 Å². The molecule has 0 atom stereocenters. The molecule has 1 fully saturated rings. The summed E-state index contributed by atoms with van der Waals surface area (Å²) in [5.74, 6) is 1.63. The van der Waals surface area contributed by atoms with E-state index in [0.717, 1.165) is 37.5 Å². The molecule has 1 nitrogen and oxygen atoms in total. The molecule has 0 unspecified atom stereocenters. The summed E-state index contributed by atoms with van der Waals surface area (Å²) >= 11 is 0. The molecule has 0 saturated heterocycles. The molecule has 1 saturated carbocycles. The van der Waals surface area contributed by atoms with Crippen molar-refractivity contribution in [3.05, 3.63) is 0 Å². The zero-order valence-electron chi connectivity index (χ0n) is 8.92. The highest BCUT2D eigenvalue weighted by Gasteiger charge is 2.24. The third-order valence-electron chi connectivity index (χ3n) is 3.31. The Kier molecular flexibility index (Phi) is 3.84. The van der Waals surface area contributed by atoms with Gasteiger partial charge in [0.05, 0.1) is 0 Å². The highest BCUT2D eigenvalue weighted by molar-refractivity contribution is 6.14. The maximum atomic E-state index is 9.68. The molecule has 0 bridgehead atoms. The predicted molar refractivity (Wildman–Crippen MR) is 56.7 cm³/mol. The first-order chi connectivity index (χ1) is 6.01. The summed E-state index contributed by atoms with van der Waals surface area (Å²) in [7, 11) is 5.72. The van der Waals surface area contributed by atoms with Gasteiger partial charge in [0.1, 0.15) is 7.85 Å². The summed E-state index contributed by atoms with van der Waals surface area (Å²) in [6, 6.07) is 0. The predicted octanol–water partition coefficient (Wildman–Crippen LogP) is 2.47. The molecule has 1 rings (SSSR count). The zero-order valence-corrected chi connectivity index (χ0v) is 8.92. The van der Waals surface area contributed by atoms with Gasteiger partial charge in [-0.1, -0.05) is 39.5 Å². The highest BCUT2D eigenvalue weighted by Crippen LogP contribution is 2.30. The molecule has 13 heavy (non-hydrogen) atoms. The van der Waals surface area contributed by atoms with Crippen molar-refractivity contribution >= 4 is 7.85 Å². The SMILES string of the molecule is [B]C1(O)CCCC(C(C)C)CCC1. The minimum Gasteiger partial charge on any atom is -0.400 e. The van der Waals surface area contributed by atoms with Crippen LogP contribution in [0.4, 0.5) is 0 Å². The van der Waals surface area contributed by atoms with Crippen molar-refractivity contribution in [3.63, 3.8) is 0 Å². The van der Waals surface area contributed by atoms with Crippen LogP contribution in [0.15, 0.2) is 0 Å². The average molecular weight is 180 g/mol. The van der Waals surface area contributed by atoms with E-state index in [1.54, 1.807) is 0 Å². The van der Waals surface area contributed by atoms with Crippen molar-refractivity contribution in [1.82, 2.24) is 0 Å². The van der Waals surface area contributed by atoms with Gasteiger partial charge in [0.2, 0.25) is 0 Å². The van der Waals surface area contributed by atoms with E-state index in [0.29, 0.717) is 0 Å². The van der Waals surface area contributed by atoms with Crippen LogP contribution in [0.2, 0.25) is 0 Å². The van der Waals surface area contributed by atoms with E-state index in [1.807, 2.05) is 0 Å². The van der Waals surface area contributed by atoms with Gasteiger partial charge in [0, 0.05) is 5.50 Å². The second kappa shape index (κ2) is 4.50. The Labute approximate surface area is 83.3 Å². The molecule has 2 heteroatoms. The van der Waals surface area contributed by atoms with E-state index in [-0.39, 0.29) is 0 Å². The summed E-state index contributed by atoms with van der Waals surface area (Å²) < 4.78 is 0. The van der Waals surface area contributed by atoms with Crippen molar-refractivity contribution in [2.24, 2.45) is 11.8 Å². The van der Waals surface area contributed by atoms with Gasteiger partial charge in [-0.15, -0.1) is 0 Å². The highest BCUT2D eigenvalue weighted by atomic mass is 16.3. The summed E-state index contributed by atoms with van der Waals surface area (Å²) in [4.78, 5) is 0. The lowest BCUT2D eigenvalue weighted by Crippen LogP contribution is -2.31. The molecule has 0 aliphatic heterocycles. The molecular weight excluding hydrogens is 159 g/mol. The minimum absolute atomic E-state index is 0.774. The van der Waals surface area contributed by atoms with Crippen molar-refractivity contribution in [1.29, 1.82) is 0 Å². The van der Waals surface area contributed by atoms with Crippen LogP contribution in [0.5, 0.6) is 0 Å². The number of hydrogen-bond donors (Lipinski definition) is 1. The van der Waals surface area contributed by atoms with Crippen LogP contribution >= 0.6 is 0 Å². The molecule has 1 aliphatic rings. The van der Waals surface area contributed by atoms with Crippen molar-refractivity contribution in [2.45, 2.75) is 57.9 Å². The van der Waals surface area contributed by atoms with Crippen LogP contribution in [-0.4, -0.2) is 18.5 Å². The van der Waals surface area contributed by atoms with E-state index in [9.17, 15) is 5.11 Å². The van der Waals surface area contributed by atoms with E-state index < -0.39 is 5.50 Å². The molecule has 1 N–H and O–H groups in total. The Morgan fingerprint density at radius 2 is 1.69 bits per heavy atom. The van der Waals surface area contributed by atoms with Crippen LogP contribution < -0.4 is 0 Å². The van der Waals surface area contributed by atoms with E-state index in [1.165, 1.54) is 12.8 Å². The fourth-order valence-corrected chi connectivity index (χ4v) is 2.28. The normalized spacial score (nSPS) is 37.1. The molecule has 0 amide bonds. The van der Waals surface area contributed by atoms with Crippen molar-refractivity contribution in [2.75, 3.05) is 0 Å². The third-order valence-corrected chi connectivity index (χ3v) is 3.31. The molecule has 0 heterocycles. The monoisotopic (exact) mass is 180 g/mol. The molecule has 0 aromatic carbocycles. The lowest BCUT2D eigenvalue weighted by atomic mass is 9.70. The Hall–Kier alpha value is 0.0249. The maximum Gasteiger partial charge on any atom is 0.113 e. The summed E-state index contributed by atoms with van der Waals surface area (Å²) in [5, 5.41) is 9.68.